The standard InChI is InChI=1S/C24H28N2O3/c1-15(2)14-29-22-12-19(7-8-21(22)28-6)11-20(13-25)24(27)26-23-17(4)9-16(3)10-18(23)5/h7-12,15H,14H2,1-6H3,(H,26,27)/b20-11+. The summed E-state index contributed by atoms with van der Waals surface area (Å²) in [6, 6.07) is 11.3. The lowest BCUT2D eigenvalue weighted by Gasteiger charge is -2.14. The van der Waals surface area contributed by atoms with E-state index >= 15 is 0 Å². The van der Waals surface area contributed by atoms with Gasteiger partial charge in [0.05, 0.1) is 13.7 Å². The summed E-state index contributed by atoms with van der Waals surface area (Å²) >= 11 is 0. The zero-order valence-corrected chi connectivity index (χ0v) is 17.9. The molecule has 1 amide bonds. The van der Waals surface area contributed by atoms with Gasteiger partial charge in [0.15, 0.2) is 11.5 Å². The number of nitriles is 1. The highest BCUT2D eigenvalue weighted by molar-refractivity contribution is 6.10. The summed E-state index contributed by atoms with van der Waals surface area (Å²) < 4.78 is 11.1. The molecule has 0 aliphatic rings. The van der Waals surface area contributed by atoms with E-state index in [-0.39, 0.29) is 5.57 Å². The van der Waals surface area contributed by atoms with E-state index in [1.165, 1.54) is 0 Å². The fraction of sp³-hybridized carbons (Fsp3) is 0.333. The minimum atomic E-state index is -0.442. The Morgan fingerprint density at radius 3 is 2.34 bits per heavy atom. The van der Waals surface area contributed by atoms with Crippen LogP contribution in [0.5, 0.6) is 11.5 Å². The molecular weight excluding hydrogens is 364 g/mol. The lowest BCUT2D eigenvalue weighted by Crippen LogP contribution is -2.15. The molecule has 0 aliphatic heterocycles. The summed E-state index contributed by atoms with van der Waals surface area (Å²) in [5.74, 6) is 1.11. The molecule has 0 aromatic heterocycles. The van der Waals surface area contributed by atoms with Gasteiger partial charge in [0.25, 0.3) is 5.91 Å². The number of carbonyl (C=O) groups is 1. The van der Waals surface area contributed by atoms with E-state index < -0.39 is 5.91 Å². The molecule has 5 nitrogen and oxygen atoms in total. The third kappa shape index (κ3) is 5.86. The van der Waals surface area contributed by atoms with E-state index in [0.717, 1.165) is 22.4 Å². The van der Waals surface area contributed by atoms with Crippen molar-refractivity contribution in [3.63, 3.8) is 0 Å². The van der Waals surface area contributed by atoms with Crippen molar-refractivity contribution >= 4 is 17.7 Å². The number of methoxy groups -OCH3 is 1. The molecule has 2 aromatic rings. The number of nitrogens with zero attached hydrogens (tertiary/aromatic N) is 1. The number of ether oxygens (including phenoxy) is 2. The Hall–Kier alpha value is -3.26. The molecular formula is C24H28N2O3. The number of hydrogen-bond donors (Lipinski definition) is 1. The third-order valence-electron chi connectivity index (χ3n) is 4.35. The van der Waals surface area contributed by atoms with Crippen molar-refractivity contribution < 1.29 is 14.3 Å². The molecule has 2 aromatic carbocycles. The van der Waals surface area contributed by atoms with Gasteiger partial charge in [-0.1, -0.05) is 37.6 Å². The van der Waals surface area contributed by atoms with Crippen LogP contribution in [0.1, 0.15) is 36.1 Å². The Morgan fingerprint density at radius 1 is 1.14 bits per heavy atom. The Morgan fingerprint density at radius 2 is 1.79 bits per heavy atom. The van der Waals surface area contributed by atoms with Gasteiger partial charge in [0.1, 0.15) is 11.6 Å². The number of hydrogen-bond acceptors (Lipinski definition) is 4. The second-order valence-electron chi connectivity index (χ2n) is 7.51. The molecule has 152 valence electrons. The average Bonchev–Trinajstić information content (AvgIpc) is 2.67. The van der Waals surface area contributed by atoms with Gasteiger partial charge in [-0.05, 0) is 61.6 Å². The first kappa shape index (κ1) is 22.0. The second-order valence-corrected chi connectivity index (χ2v) is 7.51. The molecule has 0 aliphatic carbocycles. The van der Waals surface area contributed by atoms with Gasteiger partial charge in [0, 0.05) is 5.69 Å². The van der Waals surface area contributed by atoms with E-state index in [1.807, 2.05) is 39.0 Å². The monoisotopic (exact) mass is 392 g/mol. The molecule has 0 spiro atoms. The van der Waals surface area contributed by atoms with E-state index in [1.54, 1.807) is 31.4 Å². The Labute approximate surface area is 173 Å². The number of anilines is 1. The van der Waals surface area contributed by atoms with Crippen LogP contribution in [0.15, 0.2) is 35.9 Å². The maximum atomic E-state index is 12.7. The van der Waals surface area contributed by atoms with Gasteiger partial charge in [-0.3, -0.25) is 4.79 Å². The fourth-order valence-corrected chi connectivity index (χ4v) is 3.03. The molecule has 0 fully saturated rings. The molecule has 0 radical (unpaired) electrons. The molecule has 0 heterocycles. The van der Waals surface area contributed by atoms with Crippen molar-refractivity contribution in [2.75, 3.05) is 19.0 Å². The smallest absolute Gasteiger partial charge is 0.266 e. The van der Waals surface area contributed by atoms with Gasteiger partial charge < -0.3 is 14.8 Å². The normalized spacial score (nSPS) is 11.2. The number of nitrogens with one attached hydrogen (secondary N) is 1. The molecule has 5 heteroatoms. The van der Waals surface area contributed by atoms with Crippen LogP contribution >= 0.6 is 0 Å². The van der Waals surface area contributed by atoms with Crippen molar-refractivity contribution in [1.82, 2.24) is 0 Å². The van der Waals surface area contributed by atoms with E-state index in [4.69, 9.17) is 9.47 Å². The molecule has 0 unspecified atom stereocenters. The van der Waals surface area contributed by atoms with E-state index in [0.29, 0.717) is 29.6 Å². The van der Waals surface area contributed by atoms with E-state index in [2.05, 4.69) is 19.2 Å². The zero-order valence-electron chi connectivity index (χ0n) is 17.9. The van der Waals surface area contributed by atoms with Crippen molar-refractivity contribution in [3.8, 4) is 17.6 Å². The first-order valence-electron chi connectivity index (χ1n) is 9.57. The SMILES string of the molecule is COc1ccc(/C=C(\C#N)C(=O)Nc2c(C)cc(C)cc2C)cc1OCC(C)C. The number of benzene rings is 2. The van der Waals surface area contributed by atoms with Crippen LogP contribution in [-0.2, 0) is 4.79 Å². The van der Waals surface area contributed by atoms with Crippen molar-refractivity contribution in [2.45, 2.75) is 34.6 Å². The van der Waals surface area contributed by atoms with Gasteiger partial charge in [0.2, 0.25) is 0 Å². The van der Waals surface area contributed by atoms with Crippen molar-refractivity contribution in [3.05, 3.63) is 58.2 Å². The predicted octanol–water partition coefficient (Wildman–Crippen LogP) is 5.20. The average molecular weight is 392 g/mol. The quantitative estimate of drug-likeness (QED) is 0.519. The summed E-state index contributed by atoms with van der Waals surface area (Å²) in [5.41, 5.74) is 4.49. The molecule has 0 bridgehead atoms. The molecule has 2 rings (SSSR count). The lowest BCUT2D eigenvalue weighted by molar-refractivity contribution is -0.112. The van der Waals surface area contributed by atoms with Crippen LogP contribution in [0.25, 0.3) is 6.08 Å². The van der Waals surface area contributed by atoms with Crippen molar-refractivity contribution in [2.24, 2.45) is 5.92 Å². The number of aryl methyl sites for hydroxylation is 3. The summed E-state index contributed by atoms with van der Waals surface area (Å²) in [7, 11) is 1.58. The molecule has 0 atom stereocenters. The summed E-state index contributed by atoms with van der Waals surface area (Å²) in [6.45, 7) is 10.5. The maximum absolute atomic E-state index is 12.7. The number of amides is 1. The molecule has 1 N–H and O–H groups in total. The molecule has 0 saturated carbocycles. The topological polar surface area (TPSA) is 71.3 Å². The van der Waals surface area contributed by atoms with Gasteiger partial charge in [-0.25, -0.2) is 0 Å². The highest BCUT2D eigenvalue weighted by Crippen LogP contribution is 2.29. The fourth-order valence-electron chi connectivity index (χ4n) is 3.03. The Bertz CT molecular complexity index is 946. The molecule has 29 heavy (non-hydrogen) atoms. The number of rotatable bonds is 7. The minimum Gasteiger partial charge on any atom is -0.493 e. The summed E-state index contributed by atoms with van der Waals surface area (Å²) in [6.07, 6.45) is 1.55. The van der Waals surface area contributed by atoms with Gasteiger partial charge in [-0.15, -0.1) is 0 Å². The third-order valence-corrected chi connectivity index (χ3v) is 4.35. The Balaban J connectivity index is 2.30. The minimum absolute atomic E-state index is 0.0179. The first-order valence-corrected chi connectivity index (χ1v) is 9.57. The second kappa shape index (κ2) is 9.79. The molecule has 0 saturated heterocycles. The number of carbonyl (C=O) groups excluding carboxylic acids is 1. The maximum Gasteiger partial charge on any atom is 0.266 e. The highest BCUT2D eigenvalue weighted by Gasteiger charge is 2.14. The van der Waals surface area contributed by atoms with Gasteiger partial charge >= 0.3 is 0 Å². The largest absolute Gasteiger partial charge is 0.493 e. The Kier molecular flexibility index (Phi) is 7.44. The summed E-state index contributed by atoms with van der Waals surface area (Å²) in [5, 5.41) is 12.4. The predicted molar refractivity (Wildman–Crippen MR) is 116 cm³/mol. The van der Waals surface area contributed by atoms with Crippen LogP contribution in [0.2, 0.25) is 0 Å². The van der Waals surface area contributed by atoms with Crippen LogP contribution in [-0.4, -0.2) is 19.6 Å². The van der Waals surface area contributed by atoms with Crippen LogP contribution in [0.4, 0.5) is 5.69 Å². The van der Waals surface area contributed by atoms with Crippen LogP contribution in [0, 0.1) is 38.0 Å². The van der Waals surface area contributed by atoms with E-state index in [9.17, 15) is 10.1 Å². The van der Waals surface area contributed by atoms with Crippen LogP contribution in [0.3, 0.4) is 0 Å². The zero-order chi connectivity index (χ0) is 21.6. The van der Waals surface area contributed by atoms with Crippen molar-refractivity contribution in [1.29, 1.82) is 5.26 Å². The highest BCUT2D eigenvalue weighted by atomic mass is 16.5. The lowest BCUT2D eigenvalue weighted by atomic mass is 10.0. The van der Waals surface area contributed by atoms with Gasteiger partial charge in [-0.2, -0.15) is 5.26 Å². The summed E-state index contributed by atoms with van der Waals surface area (Å²) in [4.78, 5) is 12.7. The first-order chi connectivity index (χ1) is 13.7. The van der Waals surface area contributed by atoms with Crippen LogP contribution < -0.4 is 14.8 Å².